The maximum Gasteiger partial charge on any atom is 0.262 e. The van der Waals surface area contributed by atoms with Crippen LogP contribution in [-0.2, 0) is 4.79 Å². The molecule has 0 aliphatic carbocycles. The first-order chi connectivity index (χ1) is 9.13. The maximum atomic E-state index is 12.9. The largest absolute Gasteiger partial charge is 0.484 e. The monoisotopic (exact) mass is 262 g/mol. The minimum absolute atomic E-state index is 0.247. The maximum absolute atomic E-state index is 12.9. The fraction of sp³-hybridized carbons (Fsp3) is 0.0769. The average molecular weight is 262 g/mol. The van der Waals surface area contributed by atoms with Crippen molar-refractivity contribution in [2.45, 2.75) is 0 Å². The Kier molecular flexibility index (Phi) is 3.92. The quantitative estimate of drug-likeness (QED) is 0.877. The third kappa shape index (κ3) is 3.95. The van der Waals surface area contributed by atoms with E-state index in [0.717, 1.165) is 0 Å². The summed E-state index contributed by atoms with van der Waals surface area (Å²) in [6.07, 6.45) is 1.38. The predicted molar refractivity (Wildman–Crippen MR) is 67.6 cm³/mol. The van der Waals surface area contributed by atoms with Crippen LogP contribution in [0, 0.1) is 5.82 Å². The Morgan fingerprint density at radius 3 is 2.84 bits per heavy atom. The second-order valence-corrected chi connectivity index (χ2v) is 3.74. The van der Waals surface area contributed by atoms with E-state index in [4.69, 9.17) is 4.74 Å². The smallest absolute Gasteiger partial charge is 0.262 e. The SMILES string of the molecule is O=C(COc1cccc(F)c1)Nc1ccc(=O)[nH]c1. The lowest BCUT2D eigenvalue weighted by molar-refractivity contribution is -0.118. The van der Waals surface area contributed by atoms with Crippen LogP contribution < -0.4 is 15.6 Å². The zero-order valence-corrected chi connectivity index (χ0v) is 9.85. The van der Waals surface area contributed by atoms with Gasteiger partial charge < -0.3 is 15.0 Å². The second kappa shape index (κ2) is 5.81. The molecule has 0 atom stereocenters. The summed E-state index contributed by atoms with van der Waals surface area (Å²) in [5.41, 5.74) is 0.196. The number of amides is 1. The van der Waals surface area contributed by atoms with Gasteiger partial charge in [-0.25, -0.2) is 4.39 Å². The first-order valence-electron chi connectivity index (χ1n) is 5.50. The number of benzene rings is 1. The third-order valence-corrected chi connectivity index (χ3v) is 2.23. The van der Waals surface area contributed by atoms with Crippen molar-refractivity contribution in [3.8, 4) is 5.75 Å². The summed E-state index contributed by atoms with van der Waals surface area (Å²) in [6, 6.07) is 8.28. The van der Waals surface area contributed by atoms with Gasteiger partial charge in [-0.2, -0.15) is 0 Å². The van der Waals surface area contributed by atoms with E-state index in [-0.39, 0.29) is 17.9 Å². The normalized spacial score (nSPS) is 9.95. The summed E-state index contributed by atoms with van der Waals surface area (Å²) in [6.45, 7) is -0.247. The number of carbonyl (C=O) groups excluding carboxylic acids is 1. The van der Waals surface area contributed by atoms with Crippen molar-refractivity contribution < 1.29 is 13.9 Å². The van der Waals surface area contributed by atoms with Gasteiger partial charge in [0, 0.05) is 18.3 Å². The molecule has 0 bridgehead atoms. The fourth-order valence-electron chi connectivity index (χ4n) is 1.39. The van der Waals surface area contributed by atoms with Crippen LogP contribution in [0.25, 0.3) is 0 Å². The van der Waals surface area contributed by atoms with Crippen molar-refractivity contribution in [1.29, 1.82) is 0 Å². The number of aromatic amines is 1. The van der Waals surface area contributed by atoms with Crippen LogP contribution in [0.5, 0.6) is 5.75 Å². The van der Waals surface area contributed by atoms with Crippen LogP contribution in [-0.4, -0.2) is 17.5 Å². The topological polar surface area (TPSA) is 71.2 Å². The van der Waals surface area contributed by atoms with Crippen LogP contribution in [0.15, 0.2) is 47.4 Å². The minimum atomic E-state index is -0.432. The number of pyridine rings is 1. The van der Waals surface area contributed by atoms with Gasteiger partial charge in [-0.05, 0) is 18.2 Å². The number of aromatic nitrogens is 1. The number of ether oxygens (including phenoxy) is 1. The minimum Gasteiger partial charge on any atom is -0.484 e. The highest BCUT2D eigenvalue weighted by atomic mass is 19.1. The van der Waals surface area contributed by atoms with E-state index in [2.05, 4.69) is 10.3 Å². The summed E-state index contributed by atoms with van der Waals surface area (Å²) in [5, 5.41) is 2.53. The highest BCUT2D eigenvalue weighted by molar-refractivity contribution is 5.91. The molecular formula is C13H11FN2O3. The van der Waals surface area contributed by atoms with E-state index in [1.165, 1.54) is 36.5 Å². The summed E-state index contributed by atoms with van der Waals surface area (Å²) in [7, 11) is 0. The highest BCUT2D eigenvalue weighted by Crippen LogP contribution is 2.11. The Morgan fingerprint density at radius 1 is 1.32 bits per heavy atom. The van der Waals surface area contributed by atoms with Crippen LogP contribution in [0.3, 0.4) is 0 Å². The molecule has 0 unspecified atom stereocenters. The molecule has 1 heterocycles. The van der Waals surface area contributed by atoms with E-state index in [0.29, 0.717) is 5.69 Å². The van der Waals surface area contributed by atoms with E-state index in [1.54, 1.807) is 6.07 Å². The van der Waals surface area contributed by atoms with Crippen LogP contribution in [0.4, 0.5) is 10.1 Å². The molecule has 1 aromatic heterocycles. The molecule has 0 aliphatic heterocycles. The molecule has 6 heteroatoms. The Morgan fingerprint density at radius 2 is 2.16 bits per heavy atom. The fourth-order valence-corrected chi connectivity index (χ4v) is 1.39. The van der Waals surface area contributed by atoms with Crippen molar-refractivity contribution in [1.82, 2.24) is 4.98 Å². The van der Waals surface area contributed by atoms with E-state index >= 15 is 0 Å². The number of carbonyl (C=O) groups is 1. The van der Waals surface area contributed by atoms with Gasteiger partial charge >= 0.3 is 0 Å². The van der Waals surface area contributed by atoms with Gasteiger partial charge in [-0.15, -0.1) is 0 Å². The number of anilines is 1. The Bertz CT molecular complexity index is 619. The lowest BCUT2D eigenvalue weighted by Gasteiger charge is -2.07. The van der Waals surface area contributed by atoms with Crippen LogP contribution >= 0.6 is 0 Å². The Labute approximate surface area is 108 Å². The van der Waals surface area contributed by atoms with E-state index in [1.807, 2.05) is 0 Å². The van der Waals surface area contributed by atoms with Gasteiger partial charge in [0.2, 0.25) is 5.56 Å². The molecule has 0 fully saturated rings. The van der Waals surface area contributed by atoms with Crippen LogP contribution in [0.1, 0.15) is 0 Å². The summed E-state index contributed by atoms with van der Waals surface area (Å²) in [4.78, 5) is 24.8. The van der Waals surface area contributed by atoms with E-state index in [9.17, 15) is 14.0 Å². The first kappa shape index (κ1) is 12.8. The summed E-state index contributed by atoms with van der Waals surface area (Å²) in [5.74, 6) is -0.563. The van der Waals surface area contributed by atoms with Crippen molar-refractivity contribution in [2.24, 2.45) is 0 Å². The molecule has 0 spiro atoms. The zero-order chi connectivity index (χ0) is 13.7. The third-order valence-electron chi connectivity index (χ3n) is 2.23. The lowest BCUT2D eigenvalue weighted by Crippen LogP contribution is -2.20. The van der Waals surface area contributed by atoms with Gasteiger partial charge in [-0.1, -0.05) is 6.07 Å². The van der Waals surface area contributed by atoms with E-state index < -0.39 is 11.7 Å². The molecule has 0 aliphatic rings. The highest BCUT2D eigenvalue weighted by Gasteiger charge is 2.04. The molecule has 2 aromatic rings. The number of halogens is 1. The lowest BCUT2D eigenvalue weighted by atomic mass is 10.3. The molecule has 5 nitrogen and oxygen atoms in total. The molecular weight excluding hydrogens is 251 g/mol. The number of H-pyrrole nitrogens is 1. The zero-order valence-electron chi connectivity index (χ0n) is 9.85. The van der Waals surface area contributed by atoms with Gasteiger partial charge in [0.05, 0.1) is 5.69 Å². The number of hydrogen-bond acceptors (Lipinski definition) is 3. The van der Waals surface area contributed by atoms with Crippen molar-refractivity contribution in [3.05, 3.63) is 58.8 Å². The van der Waals surface area contributed by atoms with Crippen molar-refractivity contribution >= 4 is 11.6 Å². The molecule has 0 saturated carbocycles. The molecule has 0 saturated heterocycles. The van der Waals surface area contributed by atoms with Gasteiger partial charge in [-0.3, -0.25) is 9.59 Å². The molecule has 98 valence electrons. The molecule has 1 aromatic carbocycles. The van der Waals surface area contributed by atoms with Crippen molar-refractivity contribution in [2.75, 3.05) is 11.9 Å². The average Bonchev–Trinajstić information content (AvgIpc) is 2.39. The van der Waals surface area contributed by atoms with Gasteiger partial charge in [0.15, 0.2) is 6.61 Å². The molecule has 2 rings (SSSR count). The van der Waals surface area contributed by atoms with Gasteiger partial charge in [0.25, 0.3) is 5.91 Å². The summed E-state index contributed by atoms with van der Waals surface area (Å²) < 4.78 is 18.0. The molecule has 2 N–H and O–H groups in total. The number of rotatable bonds is 4. The number of nitrogens with one attached hydrogen (secondary N) is 2. The van der Waals surface area contributed by atoms with Gasteiger partial charge in [0.1, 0.15) is 11.6 Å². The van der Waals surface area contributed by atoms with Crippen LogP contribution in [0.2, 0.25) is 0 Å². The Hall–Kier alpha value is -2.63. The number of hydrogen-bond donors (Lipinski definition) is 2. The second-order valence-electron chi connectivity index (χ2n) is 3.74. The summed E-state index contributed by atoms with van der Waals surface area (Å²) >= 11 is 0. The molecule has 0 radical (unpaired) electrons. The Balaban J connectivity index is 1.88. The predicted octanol–water partition coefficient (Wildman–Crippen LogP) is 1.53. The first-order valence-corrected chi connectivity index (χ1v) is 5.50. The van der Waals surface area contributed by atoms with Crippen molar-refractivity contribution in [3.63, 3.8) is 0 Å². The molecule has 19 heavy (non-hydrogen) atoms. The standard InChI is InChI=1S/C13H11FN2O3/c14-9-2-1-3-11(6-9)19-8-13(18)16-10-4-5-12(17)15-7-10/h1-7H,8H2,(H,15,17)(H,16,18). The molecule has 1 amide bonds.